The van der Waals surface area contributed by atoms with Crippen LogP contribution in [-0.4, -0.2) is 31.8 Å². The van der Waals surface area contributed by atoms with E-state index in [-0.39, 0.29) is 28.4 Å². The van der Waals surface area contributed by atoms with Crippen molar-refractivity contribution < 1.29 is 17.6 Å². The first-order valence-corrected chi connectivity index (χ1v) is 8.87. The molecule has 1 aromatic rings. The standard InChI is InChI=1S/C13H18ClNO4S/c1-8(2)7-15(10-4-5-10)13(16)11-6-12(9(3)19-11)20(14,17)18/h6,8,10H,4-5,7H2,1-3H3. The smallest absolute Gasteiger partial charge is 0.289 e. The number of amides is 1. The summed E-state index contributed by atoms with van der Waals surface area (Å²) in [5.41, 5.74) is 0. The lowest BCUT2D eigenvalue weighted by Gasteiger charge is -2.23. The number of furan rings is 1. The Morgan fingerprint density at radius 3 is 2.50 bits per heavy atom. The molecule has 0 bridgehead atoms. The molecule has 5 nitrogen and oxygen atoms in total. The lowest BCUT2D eigenvalue weighted by Crippen LogP contribution is -2.35. The van der Waals surface area contributed by atoms with Crippen LogP contribution in [0.15, 0.2) is 15.4 Å². The molecule has 20 heavy (non-hydrogen) atoms. The summed E-state index contributed by atoms with van der Waals surface area (Å²) in [4.78, 5) is 14.1. The molecule has 0 aliphatic heterocycles. The Morgan fingerprint density at radius 1 is 1.50 bits per heavy atom. The molecule has 0 radical (unpaired) electrons. The largest absolute Gasteiger partial charge is 0.455 e. The van der Waals surface area contributed by atoms with E-state index in [9.17, 15) is 13.2 Å². The molecule has 2 rings (SSSR count). The van der Waals surface area contributed by atoms with E-state index in [0.29, 0.717) is 12.5 Å². The van der Waals surface area contributed by atoms with E-state index in [0.717, 1.165) is 12.8 Å². The predicted molar refractivity (Wildman–Crippen MR) is 75.4 cm³/mol. The normalized spacial score (nSPS) is 15.7. The molecule has 1 saturated carbocycles. The average Bonchev–Trinajstić information content (AvgIpc) is 3.06. The van der Waals surface area contributed by atoms with Crippen molar-refractivity contribution in [3.05, 3.63) is 17.6 Å². The second kappa shape index (κ2) is 5.41. The maximum absolute atomic E-state index is 12.4. The van der Waals surface area contributed by atoms with E-state index in [1.54, 1.807) is 4.90 Å². The lowest BCUT2D eigenvalue weighted by atomic mass is 10.2. The van der Waals surface area contributed by atoms with Crippen LogP contribution in [-0.2, 0) is 9.05 Å². The van der Waals surface area contributed by atoms with Crippen molar-refractivity contribution in [2.24, 2.45) is 5.92 Å². The van der Waals surface area contributed by atoms with Gasteiger partial charge in [-0.15, -0.1) is 0 Å². The van der Waals surface area contributed by atoms with Gasteiger partial charge in [0, 0.05) is 29.3 Å². The Morgan fingerprint density at radius 2 is 2.10 bits per heavy atom. The Kier molecular flexibility index (Phi) is 4.16. The van der Waals surface area contributed by atoms with Gasteiger partial charge >= 0.3 is 0 Å². The van der Waals surface area contributed by atoms with E-state index < -0.39 is 9.05 Å². The highest BCUT2D eigenvalue weighted by molar-refractivity contribution is 8.13. The van der Waals surface area contributed by atoms with Crippen LogP contribution in [0.2, 0.25) is 0 Å². The summed E-state index contributed by atoms with van der Waals surface area (Å²) in [6.07, 6.45) is 1.97. The van der Waals surface area contributed by atoms with Gasteiger partial charge in [-0.1, -0.05) is 13.8 Å². The molecule has 112 valence electrons. The predicted octanol–water partition coefficient (Wildman–Crippen LogP) is 2.78. The number of hydrogen-bond acceptors (Lipinski definition) is 4. The van der Waals surface area contributed by atoms with Gasteiger partial charge in [-0.2, -0.15) is 0 Å². The number of carbonyl (C=O) groups excluding carboxylic acids is 1. The number of carbonyl (C=O) groups is 1. The van der Waals surface area contributed by atoms with E-state index in [4.69, 9.17) is 15.1 Å². The zero-order valence-corrected chi connectivity index (χ0v) is 13.3. The first-order chi connectivity index (χ1) is 9.20. The third-order valence-electron chi connectivity index (χ3n) is 3.16. The number of hydrogen-bond donors (Lipinski definition) is 0. The van der Waals surface area contributed by atoms with Gasteiger partial charge in [0.25, 0.3) is 15.0 Å². The minimum atomic E-state index is -3.89. The van der Waals surface area contributed by atoms with Gasteiger partial charge < -0.3 is 9.32 Å². The van der Waals surface area contributed by atoms with E-state index >= 15 is 0 Å². The summed E-state index contributed by atoms with van der Waals surface area (Å²) in [5.74, 6) is 0.251. The first-order valence-electron chi connectivity index (χ1n) is 6.56. The summed E-state index contributed by atoms with van der Waals surface area (Å²) in [6, 6.07) is 1.46. The van der Waals surface area contributed by atoms with Crippen LogP contribution >= 0.6 is 10.7 Å². The van der Waals surface area contributed by atoms with Crippen molar-refractivity contribution in [1.29, 1.82) is 0 Å². The lowest BCUT2D eigenvalue weighted by molar-refractivity contribution is 0.0688. The maximum atomic E-state index is 12.4. The van der Waals surface area contributed by atoms with Gasteiger partial charge in [-0.3, -0.25) is 4.79 Å². The highest BCUT2D eigenvalue weighted by atomic mass is 35.7. The van der Waals surface area contributed by atoms with E-state index in [1.165, 1.54) is 13.0 Å². The Hall–Kier alpha value is -1.01. The highest BCUT2D eigenvalue weighted by Gasteiger charge is 2.35. The van der Waals surface area contributed by atoms with Gasteiger partial charge in [0.05, 0.1) is 0 Å². The van der Waals surface area contributed by atoms with Crippen molar-refractivity contribution in [2.45, 2.75) is 44.6 Å². The summed E-state index contributed by atoms with van der Waals surface area (Å²) in [5, 5.41) is 0. The Labute approximate surface area is 123 Å². The van der Waals surface area contributed by atoms with Crippen molar-refractivity contribution in [1.82, 2.24) is 4.90 Å². The van der Waals surface area contributed by atoms with Gasteiger partial charge in [0.2, 0.25) is 0 Å². The van der Waals surface area contributed by atoms with Crippen molar-refractivity contribution in [3.63, 3.8) is 0 Å². The first kappa shape index (κ1) is 15.4. The molecule has 7 heteroatoms. The van der Waals surface area contributed by atoms with Crippen LogP contribution in [0.4, 0.5) is 0 Å². The quantitative estimate of drug-likeness (QED) is 0.783. The molecular formula is C13H18ClNO4S. The minimum absolute atomic E-state index is 0.0364. The second-order valence-electron chi connectivity index (χ2n) is 5.55. The Bertz CT molecular complexity index is 616. The third kappa shape index (κ3) is 3.35. The molecule has 0 unspecified atom stereocenters. The van der Waals surface area contributed by atoms with Crippen LogP contribution in [0, 0.1) is 12.8 Å². The monoisotopic (exact) mass is 319 g/mol. The molecule has 0 saturated heterocycles. The van der Waals surface area contributed by atoms with Crippen molar-refractivity contribution in [3.8, 4) is 0 Å². The molecule has 0 aromatic carbocycles. The average molecular weight is 320 g/mol. The molecule has 1 amide bonds. The summed E-state index contributed by atoms with van der Waals surface area (Å²) < 4.78 is 28.0. The topological polar surface area (TPSA) is 67.6 Å². The van der Waals surface area contributed by atoms with Crippen LogP contribution in [0.25, 0.3) is 0 Å². The van der Waals surface area contributed by atoms with Gasteiger partial charge in [-0.05, 0) is 25.7 Å². The fraction of sp³-hybridized carbons (Fsp3) is 0.615. The summed E-state index contributed by atoms with van der Waals surface area (Å²) >= 11 is 0. The molecule has 1 fully saturated rings. The van der Waals surface area contributed by atoms with Gasteiger partial charge in [0.1, 0.15) is 10.7 Å². The zero-order valence-electron chi connectivity index (χ0n) is 11.7. The molecule has 1 aliphatic rings. The molecule has 0 atom stereocenters. The van der Waals surface area contributed by atoms with Gasteiger partial charge in [-0.25, -0.2) is 8.42 Å². The minimum Gasteiger partial charge on any atom is -0.455 e. The molecule has 1 aromatic heterocycles. The van der Waals surface area contributed by atoms with Crippen molar-refractivity contribution in [2.75, 3.05) is 6.54 Å². The second-order valence-corrected chi connectivity index (χ2v) is 8.09. The Balaban J connectivity index is 2.28. The van der Waals surface area contributed by atoms with E-state index in [2.05, 4.69) is 0 Å². The fourth-order valence-electron chi connectivity index (χ4n) is 2.13. The SMILES string of the molecule is Cc1oc(C(=O)N(CC(C)C)C2CC2)cc1S(=O)(=O)Cl. The molecule has 0 N–H and O–H groups in total. The molecule has 1 aliphatic carbocycles. The van der Waals surface area contributed by atoms with Crippen molar-refractivity contribution >= 4 is 25.6 Å². The summed E-state index contributed by atoms with van der Waals surface area (Å²) in [6.45, 7) is 6.18. The third-order valence-corrected chi connectivity index (χ3v) is 4.59. The summed E-state index contributed by atoms with van der Waals surface area (Å²) in [7, 11) is 1.42. The van der Waals surface area contributed by atoms with Crippen LogP contribution in [0.5, 0.6) is 0 Å². The van der Waals surface area contributed by atoms with E-state index in [1.807, 2.05) is 13.8 Å². The van der Waals surface area contributed by atoms with Gasteiger partial charge in [0.15, 0.2) is 5.76 Å². The maximum Gasteiger partial charge on any atom is 0.289 e. The molecule has 1 heterocycles. The number of rotatable bonds is 5. The number of aryl methyl sites for hydroxylation is 1. The zero-order chi connectivity index (χ0) is 15.1. The van der Waals surface area contributed by atoms with Crippen LogP contribution in [0.3, 0.4) is 0 Å². The molecular weight excluding hydrogens is 302 g/mol. The number of nitrogens with zero attached hydrogens (tertiary/aromatic N) is 1. The highest BCUT2D eigenvalue weighted by Crippen LogP contribution is 2.31. The molecule has 0 spiro atoms. The number of halogens is 1. The fourth-order valence-corrected chi connectivity index (χ4v) is 3.22. The van der Waals surface area contributed by atoms with Crippen LogP contribution in [0.1, 0.15) is 43.0 Å². The van der Waals surface area contributed by atoms with Crippen LogP contribution < -0.4 is 0 Å².